The Bertz CT molecular complexity index is 664. The lowest BCUT2D eigenvalue weighted by atomic mass is 10.2. The zero-order chi connectivity index (χ0) is 14.7. The maximum Gasteiger partial charge on any atom is 0.339 e. The van der Waals surface area contributed by atoms with Crippen molar-refractivity contribution in [1.29, 1.82) is 0 Å². The number of carbonyl (C=O) groups is 1. The highest BCUT2D eigenvalue weighted by Gasteiger charge is 2.14. The van der Waals surface area contributed by atoms with Gasteiger partial charge in [0.1, 0.15) is 28.1 Å². The van der Waals surface area contributed by atoms with Crippen molar-refractivity contribution >= 4 is 29.1 Å². The first-order chi connectivity index (χ1) is 9.51. The number of nitrogens with one attached hydrogen (secondary N) is 1. The average molecular weight is 297 g/mol. The molecule has 0 saturated carbocycles. The fourth-order valence-corrected chi connectivity index (χ4v) is 1.75. The second-order valence-electron chi connectivity index (χ2n) is 3.80. The lowest BCUT2D eigenvalue weighted by molar-refractivity contribution is 0.0697. The second kappa shape index (κ2) is 5.75. The number of halogens is 2. The summed E-state index contributed by atoms with van der Waals surface area (Å²) < 4.78 is 18.1. The lowest BCUT2D eigenvalue weighted by Gasteiger charge is -2.12. The van der Waals surface area contributed by atoms with E-state index in [0.717, 1.165) is 0 Å². The summed E-state index contributed by atoms with van der Waals surface area (Å²) in [6.07, 6.45) is 0. The van der Waals surface area contributed by atoms with Crippen molar-refractivity contribution in [3.8, 4) is 5.75 Å². The Morgan fingerprint density at radius 2 is 2.15 bits per heavy atom. The van der Waals surface area contributed by atoms with E-state index in [9.17, 15) is 9.18 Å². The number of carboxylic acids is 1. The Labute approximate surface area is 119 Å². The molecule has 7 heteroatoms. The summed E-state index contributed by atoms with van der Waals surface area (Å²) in [4.78, 5) is 15.0. The molecule has 0 aliphatic rings. The van der Waals surface area contributed by atoms with Gasteiger partial charge in [-0.05, 0) is 24.3 Å². The molecule has 104 valence electrons. The van der Waals surface area contributed by atoms with Crippen LogP contribution in [0.25, 0.3) is 0 Å². The van der Waals surface area contributed by atoms with E-state index < -0.39 is 11.8 Å². The van der Waals surface area contributed by atoms with E-state index in [1.165, 1.54) is 37.4 Å². The summed E-state index contributed by atoms with van der Waals surface area (Å²) in [5, 5.41) is 12.0. The predicted molar refractivity (Wildman–Crippen MR) is 72.4 cm³/mol. The van der Waals surface area contributed by atoms with Gasteiger partial charge in [-0.15, -0.1) is 0 Å². The number of hydrogen-bond donors (Lipinski definition) is 2. The molecule has 0 aliphatic heterocycles. The van der Waals surface area contributed by atoms with Crippen LogP contribution in [-0.2, 0) is 0 Å². The van der Waals surface area contributed by atoms with Crippen molar-refractivity contribution in [3.63, 3.8) is 0 Å². The summed E-state index contributed by atoms with van der Waals surface area (Å²) in [6, 6.07) is 6.51. The van der Waals surface area contributed by atoms with Gasteiger partial charge >= 0.3 is 5.97 Å². The minimum atomic E-state index is -1.15. The van der Waals surface area contributed by atoms with Gasteiger partial charge in [0, 0.05) is 6.07 Å². The molecule has 0 spiro atoms. The number of nitrogens with zero attached hydrogens (tertiary/aromatic N) is 1. The Hall–Kier alpha value is -2.34. The lowest BCUT2D eigenvalue weighted by Crippen LogP contribution is -2.05. The third kappa shape index (κ3) is 2.97. The highest BCUT2D eigenvalue weighted by molar-refractivity contribution is 6.29. The topological polar surface area (TPSA) is 71.5 Å². The molecule has 2 rings (SSSR count). The van der Waals surface area contributed by atoms with E-state index in [1.807, 2.05) is 0 Å². The molecule has 0 aliphatic carbocycles. The third-order valence-corrected chi connectivity index (χ3v) is 2.72. The molecule has 0 fully saturated rings. The van der Waals surface area contributed by atoms with Crippen LogP contribution in [0.2, 0.25) is 5.15 Å². The number of aromatic nitrogens is 1. The SMILES string of the molecule is COc1cc(F)ccc1Nc1nc(Cl)ccc1C(=O)O. The van der Waals surface area contributed by atoms with Crippen molar-refractivity contribution in [1.82, 2.24) is 4.98 Å². The third-order valence-electron chi connectivity index (χ3n) is 2.51. The highest BCUT2D eigenvalue weighted by atomic mass is 35.5. The average Bonchev–Trinajstić information content (AvgIpc) is 2.40. The molecule has 0 amide bonds. The number of rotatable bonds is 4. The van der Waals surface area contributed by atoms with Gasteiger partial charge in [0.2, 0.25) is 0 Å². The zero-order valence-electron chi connectivity index (χ0n) is 10.4. The van der Waals surface area contributed by atoms with Gasteiger partial charge in [0.25, 0.3) is 0 Å². The number of methoxy groups -OCH3 is 1. The molecule has 0 bridgehead atoms. The molecule has 2 aromatic rings. The quantitative estimate of drug-likeness (QED) is 0.847. The standard InChI is InChI=1S/C13H10ClFN2O3/c1-20-10-6-7(15)2-4-9(10)16-12-8(13(18)19)3-5-11(14)17-12/h2-6H,1H3,(H,16,17)(H,18,19). The summed E-state index contributed by atoms with van der Waals surface area (Å²) in [6.45, 7) is 0. The number of anilines is 2. The van der Waals surface area contributed by atoms with Gasteiger partial charge in [-0.25, -0.2) is 14.2 Å². The van der Waals surface area contributed by atoms with Crippen molar-refractivity contribution in [2.45, 2.75) is 0 Å². The van der Waals surface area contributed by atoms with Crippen LogP contribution < -0.4 is 10.1 Å². The molecule has 0 atom stereocenters. The van der Waals surface area contributed by atoms with E-state index in [4.69, 9.17) is 21.4 Å². The predicted octanol–water partition coefficient (Wildman–Crippen LogP) is 3.32. The van der Waals surface area contributed by atoms with E-state index in [1.54, 1.807) is 0 Å². The van der Waals surface area contributed by atoms with E-state index in [2.05, 4.69) is 10.3 Å². The normalized spacial score (nSPS) is 10.2. The van der Waals surface area contributed by atoms with E-state index >= 15 is 0 Å². The van der Waals surface area contributed by atoms with E-state index in [0.29, 0.717) is 5.69 Å². The maximum atomic E-state index is 13.1. The fourth-order valence-electron chi connectivity index (χ4n) is 1.60. The zero-order valence-corrected chi connectivity index (χ0v) is 11.1. The molecule has 20 heavy (non-hydrogen) atoms. The van der Waals surface area contributed by atoms with Gasteiger partial charge in [0.05, 0.1) is 12.8 Å². The molecule has 2 N–H and O–H groups in total. The van der Waals surface area contributed by atoms with Crippen LogP contribution in [0.15, 0.2) is 30.3 Å². The van der Waals surface area contributed by atoms with Crippen LogP contribution in [0.4, 0.5) is 15.9 Å². The maximum absolute atomic E-state index is 13.1. The number of carboxylic acid groups (broad SMARTS) is 1. The van der Waals surface area contributed by atoms with Crippen LogP contribution in [0, 0.1) is 5.82 Å². The molecule has 0 unspecified atom stereocenters. The van der Waals surface area contributed by atoms with Gasteiger partial charge in [-0.2, -0.15) is 0 Å². The molecular formula is C13H10ClFN2O3. The van der Waals surface area contributed by atoms with Crippen LogP contribution in [0.5, 0.6) is 5.75 Å². The summed E-state index contributed by atoms with van der Waals surface area (Å²) in [5.74, 6) is -1.35. The molecular weight excluding hydrogens is 287 g/mol. The Morgan fingerprint density at radius 1 is 1.40 bits per heavy atom. The van der Waals surface area contributed by atoms with Crippen LogP contribution in [-0.4, -0.2) is 23.2 Å². The number of aromatic carboxylic acids is 1. The molecule has 0 saturated heterocycles. The molecule has 1 heterocycles. The Balaban J connectivity index is 2.44. The van der Waals surface area contributed by atoms with Crippen molar-refractivity contribution in [3.05, 3.63) is 46.9 Å². The van der Waals surface area contributed by atoms with Gasteiger partial charge in [0.15, 0.2) is 0 Å². The van der Waals surface area contributed by atoms with Gasteiger partial charge < -0.3 is 15.2 Å². The first-order valence-electron chi connectivity index (χ1n) is 5.51. The summed E-state index contributed by atoms with van der Waals surface area (Å²) in [7, 11) is 1.38. The van der Waals surface area contributed by atoms with Crippen LogP contribution >= 0.6 is 11.6 Å². The van der Waals surface area contributed by atoms with E-state index in [-0.39, 0.29) is 22.3 Å². The van der Waals surface area contributed by atoms with Gasteiger partial charge in [-0.1, -0.05) is 11.6 Å². The second-order valence-corrected chi connectivity index (χ2v) is 4.19. The van der Waals surface area contributed by atoms with Gasteiger partial charge in [-0.3, -0.25) is 0 Å². The fraction of sp³-hybridized carbons (Fsp3) is 0.0769. The van der Waals surface area contributed by atoms with Crippen molar-refractivity contribution in [2.24, 2.45) is 0 Å². The Kier molecular flexibility index (Phi) is 4.05. The minimum absolute atomic E-state index is 0.0508. The molecule has 1 aromatic carbocycles. The minimum Gasteiger partial charge on any atom is -0.494 e. The summed E-state index contributed by atoms with van der Waals surface area (Å²) >= 11 is 5.75. The number of pyridine rings is 1. The van der Waals surface area contributed by atoms with Crippen LogP contribution in [0.3, 0.4) is 0 Å². The molecule has 0 radical (unpaired) electrons. The highest BCUT2D eigenvalue weighted by Crippen LogP contribution is 2.29. The molecule has 5 nitrogen and oxygen atoms in total. The van der Waals surface area contributed by atoms with Crippen LogP contribution in [0.1, 0.15) is 10.4 Å². The molecule has 1 aromatic heterocycles. The number of ether oxygens (including phenoxy) is 1. The smallest absolute Gasteiger partial charge is 0.339 e. The first-order valence-corrected chi connectivity index (χ1v) is 5.89. The Morgan fingerprint density at radius 3 is 2.80 bits per heavy atom. The largest absolute Gasteiger partial charge is 0.494 e. The first kappa shape index (κ1) is 14.1. The van der Waals surface area contributed by atoms with Crippen molar-refractivity contribution < 1.29 is 19.0 Å². The van der Waals surface area contributed by atoms with Crippen molar-refractivity contribution in [2.75, 3.05) is 12.4 Å². The number of benzene rings is 1. The number of hydrogen-bond acceptors (Lipinski definition) is 4. The summed E-state index contributed by atoms with van der Waals surface area (Å²) in [5.41, 5.74) is 0.326. The monoisotopic (exact) mass is 296 g/mol.